The van der Waals surface area contributed by atoms with E-state index in [1.807, 2.05) is 45.0 Å². The highest BCUT2D eigenvalue weighted by molar-refractivity contribution is 5.86. The van der Waals surface area contributed by atoms with Crippen LogP contribution in [0.1, 0.15) is 43.6 Å². The van der Waals surface area contributed by atoms with Gasteiger partial charge in [0.1, 0.15) is 17.9 Å². The number of nitrogens with zero attached hydrogens (tertiary/aromatic N) is 2. The van der Waals surface area contributed by atoms with Gasteiger partial charge in [-0.2, -0.15) is 4.98 Å². The molecule has 0 bridgehead atoms. The molecule has 3 aromatic rings. The van der Waals surface area contributed by atoms with Crippen LogP contribution in [0.15, 0.2) is 45.6 Å². The Morgan fingerprint density at radius 2 is 1.80 bits per heavy atom. The largest absolute Gasteiger partial charge is 0.497 e. The number of rotatable bonds is 8. The Kier molecular flexibility index (Phi) is 8.63. The van der Waals surface area contributed by atoms with Crippen LogP contribution in [0.2, 0.25) is 0 Å². The van der Waals surface area contributed by atoms with E-state index < -0.39 is 29.3 Å². The Morgan fingerprint density at radius 3 is 2.40 bits per heavy atom. The third kappa shape index (κ3) is 6.53. The molecule has 11 heteroatoms. The summed E-state index contributed by atoms with van der Waals surface area (Å²) in [5, 5.41) is 3.33. The van der Waals surface area contributed by atoms with Gasteiger partial charge < -0.3 is 34.6 Å². The summed E-state index contributed by atoms with van der Waals surface area (Å²) in [6, 6.07) is 10.1. The third-order valence-corrected chi connectivity index (χ3v) is 6.92. The molecule has 1 aromatic heterocycles. The van der Waals surface area contributed by atoms with E-state index in [-0.39, 0.29) is 17.3 Å². The zero-order valence-corrected chi connectivity index (χ0v) is 23.5. The van der Waals surface area contributed by atoms with E-state index >= 15 is 0 Å². The predicted octanol–water partition coefficient (Wildman–Crippen LogP) is 3.57. The number of hydrogen-bond acceptors (Lipinski definition) is 9. The smallest absolute Gasteiger partial charge is 0.405 e. The molecular weight excluding hydrogens is 516 g/mol. The van der Waals surface area contributed by atoms with E-state index in [1.54, 1.807) is 31.1 Å². The minimum Gasteiger partial charge on any atom is -0.497 e. The number of carbonyl (C=O) groups is 2. The Bertz CT molecular complexity index is 1420. The predicted molar refractivity (Wildman–Crippen MR) is 149 cm³/mol. The highest BCUT2D eigenvalue weighted by Crippen LogP contribution is 2.39. The van der Waals surface area contributed by atoms with Gasteiger partial charge in [-0.3, -0.25) is 4.79 Å². The van der Waals surface area contributed by atoms with Crippen LogP contribution in [0, 0.1) is 12.3 Å². The molecule has 11 nitrogen and oxygen atoms in total. The molecule has 1 saturated heterocycles. The number of fused-ring (bicyclic) bond motifs is 1. The Labute approximate surface area is 232 Å². The average molecular weight is 553 g/mol. The normalized spacial score (nSPS) is 15.4. The maximum absolute atomic E-state index is 13.5. The molecule has 2 heterocycles. The van der Waals surface area contributed by atoms with Crippen molar-refractivity contribution in [2.24, 2.45) is 11.1 Å². The van der Waals surface area contributed by atoms with Crippen LogP contribution in [0.4, 0.5) is 10.8 Å². The number of amides is 2. The van der Waals surface area contributed by atoms with Crippen LogP contribution in [-0.2, 0) is 20.7 Å². The number of methoxy groups -OCH3 is 1. The monoisotopic (exact) mass is 552 g/mol. The van der Waals surface area contributed by atoms with E-state index in [9.17, 15) is 14.4 Å². The molecule has 2 amide bonds. The summed E-state index contributed by atoms with van der Waals surface area (Å²) in [4.78, 5) is 44.6. The first-order chi connectivity index (χ1) is 19.0. The molecule has 2 aromatic carbocycles. The van der Waals surface area contributed by atoms with Crippen molar-refractivity contribution >= 4 is 28.9 Å². The zero-order chi connectivity index (χ0) is 29.0. The van der Waals surface area contributed by atoms with E-state index in [0.29, 0.717) is 55.1 Å². The second-order valence-electron chi connectivity index (χ2n) is 10.9. The molecule has 3 N–H and O–H groups in total. The maximum Gasteiger partial charge on any atom is 0.405 e. The van der Waals surface area contributed by atoms with Crippen molar-refractivity contribution in [1.29, 1.82) is 0 Å². The molecule has 2 atom stereocenters. The van der Waals surface area contributed by atoms with Crippen LogP contribution in [0.5, 0.6) is 5.75 Å². The number of nitrogens with two attached hydrogens (primary N) is 1. The molecule has 4 rings (SSSR count). The molecule has 0 saturated carbocycles. The molecule has 0 spiro atoms. The lowest BCUT2D eigenvalue weighted by Crippen LogP contribution is -2.49. The van der Waals surface area contributed by atoms with E-state index in [2.05, 4.69) is 10.3 Å². The van der Waals surface area contributed by atoms with Gasteiger partial charge in [0.05, 0.1) is 31.2 Å². The minimum atomic E-state index is -0.906. The summed E-state index contributed by atoms with van der Waals surface area (Å²) in [5.74, 6) is 0.562. The van der Waals surface area contributed by atoms with Gasteiger partial charge in [0.2, 0.25) is 5.91 Å². The molecule has 1 unspecified atom stereocenters. The number of aromatic nitrogens is 1. The van der Waals surface area contributed by atoms with Gasteiger partial charge in [0, 0.05) is 24.9 Å². The first kappa shape index (κ1) is 28.9. The Balaban J connectivity index is 1.68. The van der Waals surface area contributed by atoms with Crippen molar-refractivity contribution in [3.8, 4) is 5.75 Å². The molecule has 1 fully saturated rings. The summed E-state index contributed by atoms with van der Waals surface area (Å²) in [6.07, 6.45) is -1.26. The number of hydrogen-bond donors (Lipinski definition) is 2. The lowest BCUT2D eigenvalue weighted by molar-refractivity contribution is -0.136. The summed E-state index contributed by atoms with van der Waals surface area (Å²) in [7, 11) is 1.59. The first-order valence-electron chi connectivity index (χ1n) is 13.1. The van der Waals surface area contributed by atoms with Gasteiger partial charge in [-0.15, -0.1) is 0 Å². The van der Waals surface area contributed by atoms with Crippen molar-refractivity contribution in [2.75, 3.05) is 38.7 Å². The number of ether oxygens (including phenoxy) is 3. The number of nitrogens with one attached hydrogen (secondary N) is 1. The summed E-state index contributed by atoms with van der Waals surface area (Å²) < 4.78 is 21.6. The van der Waals surface area contributed by atoms with Crippen LogP contribution >= 0.6 is 0 Å². The fraction of sp³-hybridized carbons (Fsp3) is 0.448. The topological polar surface area (TPSA) is 146 Å². The van der Waals surface area contributed by atoms with Crippen molar-refractivity contribution in [3.63, 3.8) is 0 Å². The van der Waals surface area contributed by atoms with E-state index in [1.165, 1.54) is 0 Å². The fourth-order valence-corrected chi connectivity index (χ4v) is 4.85. The van der Waals surface area contributed by atoms with Gasteiger partial charge >= 0.3 is 11.7 Å². The second kappa shape index (κ2) is 12.0. The maximum atomic E-state index is 13.5. The summed E-state index contributed by atoms with van der Waals surface area (Å²) in [5.41, 5.74) is 6.70. The van der Waals surface area contributed by atoms with Gasteiger partial charge in [0.15, 0.2) is 0 Å². The van der Waals surface area contributed by atoms with Crippen molar-refractivity contribution < 1.29 is 28.2 Å². The highest BCUT2D eigenvalue weighted by Gasteiger charge is 2.32. The zero-order valence-electron chi connectivity index (χ0n) is 23.5. The van der Waals surface area contributed by atoms with Gasteiger partial charge in [-0.25, -0.2) is 9.59 Å². The SMILES string of the molecule is COc1ccc(C[C@H](Nc2nc3ccc(C(OC(N)=O)C(C)(C)C)c(C)c3c(=O)o2)C(=O)N2CCOCC2)cc1. The van der Waals surface area contributed by atoms with Crippen molar-refractivity contribution in [1.82, 2.24) is 9.88 Å². The van der Waals surface area contributed by atoms with Gasteiger partial charge in [-0.05, 0) is 41.8 Å². The molecule has 40 heavy (non-hydrogen) atoms. The van der Waals surface area contributed by atoms with Crippen molar-refractivity contribution in [3.05, 3.63) is 63.5 Å². The Hall–Kier alpha value is -4.12. The van der Waals surface area contributed by atoms with Gasteiger partial charge in [0.25, 0.3) is 6.01 Å². The lowest BCUT2D eigenvalue weighted by Gasteiger charge is -2.31. The second-order valence-corrected chi connectivity index (χ2v) is 10.9. The molecule has 214 valence electrons. The van der Waals surface area contributed by atoms with Crippen molar-refractivity contribution in [2.45, 2.75) is 46.3 Å². The molecule has 0 aliphatic carbocycles. The third-order valence-electron chi connectivity index (χ3n) is 6.92. The molecular formula is C29H36N4O7. The average Bonchev–Trinajstić information content (AvgIpc) is 2.91. The quantitative estimate of drug-likeness (QED) is 0.428. The van der Waals surface area contributed by atoms with Crippen LogP contribution < -0.4 is 21.4 Å². The highest BCUT2D eigenvalue weighted by atomic mass is 16.6. The fourth-order valence-electron chi connectivity index (χ4n) is 4.85. The standard InChI is InChI=1S/C29H36N4O7/c1-17-20(24(29(2,3)4)39-27(30)36)10-11-21-23(17)26(35)40-28(31-21)32-22(25(34)33-12-14-38-15-13-33)16-18-6-8-19(37-5)9-7-18/h6-11,22,24H,12-16H2,1-5H3,(H2,30,36)(H,31,32)/t22-,24?/m0/s1. The van der Waals surface area contributed by atoms with E-state index in [0.717, 1.165) is 5.56 Å². The number of primary amides is 1. The number of carbonyl (C=O) groups excluding carboxylic acids is 2. The minimum absolute atomic E-state index is 0.0643. The molecule has 0 radical (unpaired) electrons. The number of aryl methyl sites for hydroxylation is 1. The van der Waals surface area contributed by atoms with Crippen LogP contribution in [0.25, 0.3) is 10.9 Å². The van der Waals surface area contributed by atoms with Crippen LogP contribution in [-0.4, -0.2) is 61.3 Å². The lowest BCUT2D eigenvalue weighted by atomic mass is 9.82. The number of anilines is 1. The number of morpholine rings is 1. The number of benzene rings is 2. The summed E-state index contributed by atoms with van der Waals surface area (Å²) in [6.45, 7) is 9.34. The van der Waals surface area contributed by atoms with Crippen LogP contribution in [0.3, 0.4) is 0 Å². The van der Waals surface area contributed by atoms with E-state index in [4.69, 9.17) is 24.4 Å². The Morgan fingerprint density at radius 1 is 1.12 bits per heavy atom. The molecule has 1 aliphatic rings. The first-order valence-corrected chi connectivity index (χ1v) is 13.1. The summed E-state index contributed by atoms with van der Waals surface area (Å²) >= 11 is 0. The molecule has 1 aliphatic heterocycles. The van der Waals surface area contributed by atoms with Gasteiger partial charge in [-0.1, -0.05) is 39.0 Å².